The number of nitrogens with one attached hydrogen (secondary N) is 1. The Morgan fingerprint density at radius 3 is 3.05 bits per heavy atom. The fourth-order valence-corrected chi connectivity index (χ4v) is 3.74. The molecule has 1 aromatic carbocycles. The number of aromatic nitrogens is 2. The maximum atomic E-state index is 6.25. The van der Waals surface area contributed by atoms with Gasteiger partial charge in [0.15, 0.2) is 0 Å². The van der Waals surface area contributed by atoms with Crippen molar-refractivity contribution in [3.63, 3.8) is 0 Å². The van der Waals surface area contributed by atoms with Gasteiger partial charge in [-0.25, -0.2) is 4.98 Å². The second kappa shape index (κ2) is 5.28. The maximum Gasteiger partial charge on any atom is 0.0922 e. The van der Waals surface area contributed by atoms with Crippen LogP contribution in [-0.2, 0) is 11.3 Å². The van der Waals surface area contributed by atoms with E-state index in [0.29, 0.717) is 5.92 Å². The molecule has 0 amide bonds. The average molecular weight is 283 g/mol. The van der Waals surface area contributed by atoms with Crippen LogP contribution in [0, 0.1) is 0 Å². The molecule has 110 valence electrons. The summed E-state index contributed by atoms with van der Waals surface area (Å²) in [7, 11) is 0. The molecule has 0 radical (unpaired) electrons. The fourth-order valence-electron chi connectivity index (χ4n) is 3.74. The van der Waals surface area contributed by atoms with E-state index in [2.05, 4.69) is 45.2 Å². The Bertz CT molecular complexity index is 583. The Morgan fingerprint density at radius 1 is 1.33 bits per heavy atom. The van der Waals surface area contributed by atoms with Crippen molar-refractivity contribution in [2.24, 2.45) is 0 Å². The molecule has 0 bridgehead atoms. The first kappa shape index (κ1) is 13.0. The van der Waals surface area contributed by atoms with Gasteiger partial charge in [0.1, 0.15) is 0 Å². The number of likely N-dealkylation sites (tertiary alicyclic amines) is 1. The lowest BCUT2D eigenvalue weighted by Gasteiger charge is -2.23. The summed E-state index contributed by atoms with van der Waals surface area (Å²) in [5.41, 5.74) is 2.67. The zero-order chi connectivity index (χ0) is 14.1. The van der Waals surface area contributed by atoms with Gasteiger partial charge in [0.05, 0.1) is 18.5 Å². The Morgan fingerprint density at radius 2 is 2.24 bits per heavy atom. The predicted molar refractivity (Wildman–Crippen MR) is 81.0 cm³/mol. The van der Waals surface area contributed by atoms with Gasteiger partial charge in [-0.1, -0.05) is 30.3 Å². The molecule has 3 heterocycles. The molecule has 0 unspecified atom stereocenters. The SMILES string of the molecule is c1ccc([C@@H]2CO[C@@]3(CCN(Cc4cnc[nH]4)C3)C2)cc1. The second-order valence-electron chi connectivity index (χ2n) is 6.34. The molecular weight excluding hydrogens is 262 g/mol. The number of hydrogen-bond donors (Lipinski definition) is 1. The molecule has 2 aromatic rings. The minimum absolute atomic E-state index is 0.0700. The van der Waals surface area contributed by atoms with Crippen molar-refractivity contribution in [1.82, 2.24) is 14.9 Å². The van der Waals surface area contributed by atoms with Gasteiger partial charge in [0.25, 0.3) is 0 Å². The standard InChI is InChI=1S/C17H21N3O/c1-2-4-14(5-3-1)15-8-17(21-11-15)6-7-20(12-17)10-16-9-18-13-19-16/h1-5,9,13,15H,6-8,10-12H2,(H,18,19)/t15-,17-/m0/s1. The van der Waals surface area contributed by atoms with Gasteiger partial charge in [0.2, 0.25) is 0 Å². The van der Waals surface area contributed by atoms with E-state index in [1.165, 1.54) is 11.3 Å². The van der Waals surface area contributed by atoms with Crippen LogP contribution >= 0.6 is 0 Å². The van der Waals surface area contributed by atoms with Crippen LogP contribution < -0.4 is 0 Å². The van der Waals surface area contributed by atoms with Crippen LogP contribution in [-0.4, -0.2) is 40.2 Å². The van der Waals surface area contributed by atoms with Crippen molar-refractivity contribution < 1.29 is 4.74 Å². The summed E-state index contributed by atoms with van der Waals surface area (Å²) in [6.07, 6.45) is 5.95. The Kier molecular flexibility index (Phi) is 3.28. The molecule has 2 fully saturated rings. The van der Waals surface area contributed by atoms with E-state index in [1.807, 2.05) is 6.20 Å². The van der Waals surface area contributed by atoms with Crippen LogP contribution in [0.5, 0.6) is 0 Å². The monoisotopic (exact) mass is 283 g/mol. The van der Waals surface area contributed by atoms with E-state index in [1.54, 1.807) is 6.33 Å². The highest BCUT2D eigenvalue weighted by Crippen LogP contribution is 2.42. The zero-order valence-corrected chi connectivity index (χ0v) is 12.2. The molecule has 4 rings (SSSR count). The molecule has 1 N–H and O–H groups in total. The van der Waals surface area contributed by atoms with Crippen molar-refractivity contribution in [1.29, 1.82) is 0 Å². The van der Waals surface area contributed by atoms with E-state index < -0.39 is 0 Å². The van der Waals surface area contributed by atoms with Gasteiger partial charge >= 0.3 is 0 Å². The van der Waals surface area contributed by atoms with E-state index in [9.17, 15) is 0 Å². The van der Waals surface area contributed by atoms with E-state index >= 15 is 0 Å². The van der Waals surface area contributed by atoms with Crippen LogP contribution in [0.15, 0.2) is 42.9 Å². The lowest BCUT2D eigenvalue weighted by molar-refractivity contribution is 0.0117. The maximum absolute atomic E-state index is 6.25. The minimum atomic E-state index is 0.0700. The molecule has 2 saturated heterocycles. The van der Waals surface area contributed by atoms with Gasteiger partial charge < -0.3 is 9.72 Å². The molecule has 4 nitrogen and oxygen atoms in total. The van der Waals surface area contributed by atoms with E-state index in [0.717, 1.165) is 39.1 Å². The van der Waals surface area contributed by atoms with Crippen molar-refractivity contribution >= 4 is 0 Å². The van der Waals surface area contributed by atoms with E-state index in [-0.39, 0.29) is 5.60 Å². The summed E-state index contributed by atoms with van der Waals surface area (Å²) in [4.78, 5) is 9.75. The first-order valence-electron chi connectivity index (χ1n) is 7.72. The predicted octanol–water partition coefficient (Wildman–Crippen LogP) is 2.56. The normalized spacial score (nSPS) is 29.4. The third-order valence-electron chi connectivity index (χ3n) is 4.82. The molecule has 0 aliphatic carbocycles. The summed E-state index contributed by atoms with van der Waals surface area (Å²) in [6.45, 7) is 3.96. The second-order valence-corrected chi connectivity index (χ2v) is 6.34. The Balaban J connectivity index is 1.41. The number of benzene rings is 1. The van der Waals surface area contributed by atoms with Gasteiger partial charge in [-0.3, -0.25) is 4.90 Å². The van der Waals surface area contributed by atoms with Gasteiger partial charge in [-0.2, -0.15) is 0 Å². The summed E-state index contributed by atoms with van der Waals surface area (Å²) < 4.78 is 6.25. The number of aromatic amines is 1. The summed E-state index contributed by atoms with van der Waals surface area (Å²) in [6, 6.07) is 10.8. The van der Waals surface area contributed by atoms with Crippen molar-refractivity contribution in [3.05, 3.63) is 54.1 Å². The molecule has 2 aliphatic heterocycles. The third-order valence-corrected chi connectivity index (χ3v) is 4.82. The number of nitrogens with zero attached hydrogens (tertiary/aromatic N) is 2. The van der Waals surface area contributed by atoms with Crippen LogP contribution in [0.25, 0.3) is 0 Å². The third kappa shape index (κ3) is 2.61. The van der Waals surface area contributed by atoms with Crippen LogP contribution in [0.4, 0.5) is 0 Å². The average Bonchev–Trinajstić information content (AvgIpc) is 3.24. The quantitative estimate of drug-likeness (QED) is 0.941. The summed E-state index contributed by atoms with van der Waals surface area (Å²) >= 11 is 0. The number of rotatable bonds is 3. The molecule has 0 saturated carbocycles. The van der Waals surface area contributed by atoms with Crippen LogP contribution in [0.1, 0.15) is 30.0 Å². The van der Waals surface area contributed by atoms with Gasteiger partial charge in [0, 0.05) is 37.4 Å². The summed E-state index contributed by atoms with van der Waals surface area (Å²) in [5, 5.41) is 0. The number of hydrogen-bond acceptors (Lipinski definition) is 3. The minimum Gasteiger partial charge on any atom is -0.373 e. The first-order chi connectivity index (χ1) is 10.3. The smallest absolute Gasteiger partial charge is 0.0922 e. The molecule has 1 aromatic heterocycles. The molecule has 4 heteroatoms. The number of imidazole rings is 1. The van der Waals surface area contributed by atoms with Gasteiger partial charge in [-0.05, 0) is 18.4 Å². The Hall–Kier alpha value is -1.65. The molecular formula is C17H21N3O. The summed E-state index contributed by atoms with van der Waals surface area (Å²) in [5.74, 6) is 0.554. The lowest BCUT2D eigenvalue weighted by atomic mass is 9.89. The fraction of sp³-hybridized carbons (Fsp3) is 0.471. The van der Waals surface area contributed by atoms with Crippen LogP contribution in [0.2, 0.25) is 0 Å². The number of H-pyrrole nitrogens is 1. The zero-order valence-electron chi connectivity index (χ0n) is 12.2. The van der Waals surface area contributed by atoms with Crippen molar-refractivity contribution in [2.75, 3.05) is 19.7 Å². The first-order valence-corrected chi connectivity index (χ1v) is 7.72. The van der Waals surface area contributed by atoms with E-state index in [4.69, 9.17) is 4.74 Å². The highest BCUT2D eigenvalue weighted by Gasteiger charge is 2.45. The highest BCUT2D eigenvalue weighted by molar-refractivity contribution is 5.22. The van der Waals surface area contributed by atoms with Crippen molar-refractivity contribution in [3.8, 4) is 0 Å². The molecule has 2 aliphatic rings. The van der Waals surface area contributed by atoms with Crippen molar-refractivity contribution in [2.45, 2.75) is 30.9 Å². The topological polar surface area (TPSA) is 41.1 Å². The Labute approximate surface area is 125 Å². The van der Waals surface area contributed by atoms with Gasteiger partial charge in [-0.15, -0.1) is 0 Å². The molecule has 2 atom stereocenters. The number of ether oxygens (including phenoxy) is 1. The lowest BCUT2D eigenvalue weighted by Crippen LogP contribution is -2.32. The largest absolute Gasteiger partial charge is 0.373 e. The highest BCUT2D eigenvalue weighted by atomic mass is 16.5. The molecule has 21 heavy (non-hydrogen) atoms. The van der Waals surface area contributed by atoms with Crippen LogP contribution in [0.3, 0.4) is 0 Å². The molecule has 1 spiro atoms.